The number of non-ortho nitro benzene ring substituents is 1. The number of nitro benzene ring substituents is 1. The Hall–Kier alpha value is -1.62. The molecule has 0 fully saturated rings. The zero-order valence-electron chi connectivity index (χ0n) is 9.46. The third kappa shape index (κ3) is 3.51. The molecule has 0 aliphatic rings. The summed E-state index contributed by atoms with van der Waals surface area (Å²) in [6, 6.07) is 6.47. The maximum Gasteiger partial charge on any atom is 0.271 e. The summed E-state index contributed by atoms with van der Waals surface area (Å²) in [6.45, 7) is 2.39. The Labute approximate surface area is 94.5 Å². The van der Waals surface area contributed by atoms with Gasteiger partial charge in [0.05, 0.1) is 11.0 Å². The molecule has 0 aliphatic heterocycles. The summed E-state index contributed by atoms with van der Waals surface area (Å²) >= 11 is 0. The van der Waals surface area contributed by atoms with Gasteiger partial charge in [-0.05, 0) is 19.4 Å². The highest BCUT2D eigenvalue weighted by Crippen LogP contribution is 2.20. The molecule has 16 heavy (non-hydrogen) atoms. The van der Waals surface area contributed by atoms with Crippen LogP contribution in [0, 0.1) is 10.1 Å². The van der Waals surface area contributed by atoms with Crippen LogP contribution < -0.4 is 4.90 Å². The maximum absolute atomic E-state index is 10.6. The van der Waals surface area contributed by atoms with Crippen molar-refractivity contribution in [2.45, 2.75) is 19.4 Å². The summed E-state index contributed by atoms with van der Waals surface area (Å²) in [5.74, 6) is 0. The van der Waals surface area contributed by atoms with Crippen molar-refractivity contribution < 1.29 is 10.0 Å². The highest BCUT2D eigenvalue weighted by Gasteiger charge is 2.08. The van der Waals surface area contributed by atoms with E-state index in [2.05, 4.69) is 0 Å². The van der Waals surface area contributed by atoms with Crippen molar-refractivity contribution in [2.75, 3.05) is 18.5 Å². The SMILES string of the molecule is CC(O)CCN(C)c1cccc([N+](=O)[O-])c1. The standard InChI is InChI=1S/C11H16N2O3/c1-9(14)6-7-12(2)10-4-3-5-11(8-10)13(15)16/h3-5,8-9,14H,6-7H2,1-2H3. The van der Waals surface area contributed by atoms with E-state index >= 15 is 0 Å². The van der Waals surface area contributed by atoms with E-state index in [0.717, 1.165) is 5.69 Å². The minimum absolute atomic E-state index is 0.0846. The monoisotopic (exact) mass is 224 g/mol. The minimum Gasteiger partial charge on any atom is -0.393 e. The summed E-state index contributed by atoms with van der Waals surface area (Å²) < 4.78 is 0. The zero-order chi connectivity index (χ0) is 12.1. The zero-order valence-corrected chi connectivity index (χ0v) is 9.46. The van der Waals surface area contributed by atoms with Crippen molar-refractivity contribution in [1.29, 1.82) is 0 Å². The van der Waals surface area contributed by atoms with E-state index in [1.54, 1.807) is 13.0 Å². The molecule has 1 rings (SSSR count). The van der Waals surface area contributed by atoms with E-state index in [-0.39, 0.29) is 11.8 Å². The smallest absolute Gasteiger partial charge is 0.271 e. The molecule has 0 amide bonds. The number of aliphatic hydroxyl groups is 1. The van der Waals surface area contributed by atoms with Crippen LogP contribution in [0.15, 0.2) is 24.3 Å². The summed E-state index contributed by atoms with van der Waals surface area (Å²) in [5, 5.41) is 19.7. The van der Waals surface area contributed by atoms with Crippen molar-refractivity contribution in [3.05, 3.63) is 34.4 Å². The second kappa shape index (κ2) is 5.46. The van der Waals surface area contributed by atoms with Gasteiger partial charge in [-0.3, -0.25) is 10.1 Å². The van der Waals surface area contributed by atoms with Crippen LogP contribution in [0.4, 0.5) is 11.4 Å². The van der Waals surface area contributed by atoms with Crippen LogP contribution >= 0.6 is 0 Å². The third-order valence-electron chi connectivity index (χ3n) is 2.36. The molecule has 1 aromatic carbocycles. The van der Waals surface area contributed by atoms with Gasteiger partial charge in [-0.1, -0.05) is 6.07 Å². The summed E-state index contributed by atoms with van der Waals surface area (Å²) in [7, 11) is 1.85. The topological polar surface area (TPSA) is 66.6 Å². The first kappa shape index (κ1) is 12.4. The molecule has 0 aromatic heterocycles. The highest BCUT2D eigenvalue weighted by molar-refractivity contribution is 5.52. The van der Waals surface area contributed by atoms with Gasteiger partial charge in [0.25, 0.3) is 5.69 Å². The molecule has 1 unspecified atom stereocenters. The van der Waals surface area contributed by atoms with Crippen LogP contribution in [0.2, 0.25) is 0 Å². The summed E-state index contributed by atoms with van der Waals surface area (Å²) in [5.41, 5.74) is 0.872. The molecule has 5 heteroatoms. The van der Waals surface area contributed by atoms with Crippen LogP contribution in [0.1, 0.15) is 13.3 Å². The lowest BCUT2D eigenvalue weighted by Gasteiger charge is -2.19. The number of aliphatic hydroxyl groups excluding tert-OH is 1. The van der Waals surface area contributed by atoms with E-state index in [4.69, 9.17) is 5.11 Å². The largest absolute Gasteiger partial charge is 0.393 e. The molecule has 0 bridgehead atoms. The Balaban J connectivity index is 2.71. The third-order valence-corrected chi connectivity index (χ3v) is 2.36. The second-order valence-corrected chi connectivity index (χ2v) is 3.84. The number of rotatable bonds is 5. The first-order valence-corrected chi connectivity index (χ1v) is 5.14. The van der Waals surface area contributed by atoms with Crippen molar-refractivity contribution in [3.8, 4) is 0 Å². The molecule has 0 aliphatic carbocycles. The highest BCUT2D eigenvalue weighted by atomic mass is 16.6. The van der Waals surface area contributed by atoms with Gasteiger partial charge in [-0.25, -0.2) is 0 Å². The van der Waals surface area contributed by atoms with E-state index in [1.165, 1.54) is 12.1 Å². The number of hydrogen-bond acceptors (Lipinski definition) is 4. The Morgan fingerprint density at radius 2 is 2.25 bits per heavy atom. The average molecular weight is 224 g/mol. The van der Waals surface area contributed by atoms with Gasteiger partial charge in [0, 0.05) is 31.4 Å². The van der Waals surface area contributed by atoms with Crippen LogP contribution in [-0.2, 0) is 0 Å². The fourth-order valence-corrected chi connectivity index (χ4v) is 1.35. The Morgan fingerprint density at radius 3 is 2.81 bits per heavy atom. The lowest BCUT2D eigenvalue weighted by Crippen LogP contribution is -2.21. The number of nitrogens with zero attached hydrogens (tertiary/aromatic N) is 2. The van der Waals surface area contributed by atoms with Gasteiger partial charge in [-0.2, -0.15) is 0 Å². The molecule has 1 atom stereocenters. The number of benzene rings is 1. The van der Waals surface area contributed by atoms with Gasteiger partial charge in [0.2, 0.25) is 0 Å². The van der Waals surface area contributed by atoms with Crippen LogP contribution in [0.3, 0.4) is 0 Å². The first-order valence-electron chi connectivity index (χ1n) is 5.14. The molecule has 0 heterocycles. The first-order chi connectivity index (χ1) is 7.50. The molecule has 5 nitrogen and oxygen atoms in total. The van der Waals surface area contributed by atoms with E-state index in [1.807, 2.05) is 18.0 Å². The molecule has 0 radical (unpaired) electrons. The van der Waals surface area contributed by atoms with Crippen molar-refractivity contribution >= 4 is 11.4 Å². The molecule has 0 spiro atoms. The lowest BCUT2D eigenvalue weighted by atomic mass is 10.2. The molecular weight excluding hydrogens is 208 g/mol. The maximum atomic E-state index is 10.6. The molecular formula is C11H16N2O3. The van der Waals surface area contributed by atoms with Gasteiger partial charge in [-0.15, -0.1) is 0 Å². The van der Waals surface area contributed by atoms with E-state index in [0.29, 0.717) is 13.0 Å². The quantitative estimate of drug-likeness (QED) is 0.611. The Bertz CT molecular complexity index is 366. The predicted octanol–water partition coefficient (Wildman–Crippen LogP) is 1.80. The number of nitro groups is 1. The molecule has 0 saturated carbocycles. The van der Waals surface area contributed by atoms with Crippen molar-refractivity contribution in [1.82, 2.24) is 0 Å². The Kier molecular flexibility index (Phi) is 4.25. The van der Waals surface area contributed by atoms with Gasteiger partial charge in [0.1, 0.15) is 0 Å². The van der Waals surface area contributed by atoms with E-state index in [9.17, 15) is 10.1 Å². The molecule has 0 saturated heterocycles. The second-order valence-electron chi connectivity index (χ2n) is 3.84. The van der Waals surface area contributed by atoms with E-state index < -0.39 is 4.92 Å². The lowest BCUT2D eigenvalue weighted by molar-refractivity contribution is -0.384. The van der Waals surface area contributed by atoms with Crippen LogP contribution in [0.5, 0.6) is 0 Å². The molecule has 1 aromatic rings. The minimum atomic E-state index is -0.411. The fourth-order valence-electron chi connectivity index (χ4n) is 1.35. The number of hydrogen-bond donors (Lipinski definition) is 1. The van der Waals surface area contributed by atoms with Gasteiger partial charge in [0.15, 0.2) is 0 Å². The van der Waals surface area contributed by atoms with Crippen molar-refractivity contribution in [3.63, 3.8) is 0 Å². The van der Waals surface area contributed by atoms with Gasteiger partial charge >= 0.3 is 0 Å². The fraction of sp³-hybridized carbons (Fsp3) is 0.455. The van der Waals surface area contributed by atoms with Crippen LogP contribution in [0.25, 0.3) is 0 Å². The number of anilines is 1. The van der Waals surface area contributed by atoms with Crippen molar-refractivity contribution in [2.24, 2.45) is 0 Å². The Morgan fingerprint density at radius 1 is 1.56 bits per heavy atom. The normalized spacial score (nSPS) is 12.2. The van der Waals surface area contributed by atoms with Crippen LogP contribution in [-0.4, -0.2) is 29.7 Å². The van der Waals surface area contributed by atoms with Gasteiger partial charge < -0.3 is 10.0 Å². The summed E-state index contributed by atoms with van der Waals surface area (Å²) in [6.07, 6.45) is 0.278. The molecule has 88 valence electrons. The molecule has 1 N–H and O–H groups in total. The average Bonchev–Trinajstić information content (AvgIpc) is 2.26. The predicted molar refractivity (Wildman–Crippen MR) is 62.7 cm³/mol. The summed E-state index contributed by atoms with van der Waals surface area (Å²) in [4.78, 5) is 12.1.